The van der Waals surface area contributed by atoms with Gasteiger partial charge in [-0.25, -0.2) is 9.97 Å². The van der Waals surface area contributed by atoms with Crippen LogP contribution < -0.4 is 0 Å². The summed E-state index contributed by atoms with van der Waals surface area (Å²) in [6, 6.07) is 8.12. The Morgan fingerprint density at radius 2 is 1.96 bits per heavy atom. The molecule has 1 aromatic carbocycles. The standard InChI is InChI=1S/C20H24ClN3/c21-18-9-5-4-8-16(18)13-24-11-10-19-17(14-24)12-22-20(23-19)15-6-2-1-3-7-15/h4-5,8-9,12,15H,1-3,6-7,10-11,13-14H2. The number of aromatic nitrogens is 2. The predicted octanol–water partition coefficient (Wildman–Crippen LogP) is 4.74. The highest BCUT2D eigenvalue weighted by molar-refractivity contribution is 6.31. The number of rotatable bonds is 3. The Labute approximate surface area is 149 Å². The predicted molar refractivity (Wildman–Crippen MR) is 97.1 cm³/mol. The van der Waals surface area contributed by atoms with Gasteiger partial charge in [-0.05, 0) is 24.5 Å². The van der Waals surface area contributed by atoms with Gasteiger partial charge in [-0.15, -0.1) is 0 Å². The third-order valence-corrected chi connectivity index (χ3v) is 5.72. The van der Waals surface area contributed by atoms with E-state index in [0.29, 0.717) is 5.92 Å². The van der Waals surface area contributed by atoms with E-state index in [9.17, 15) is 0 Å². The van der Waals surface area contributed by atoms with Gasteiger partial charge in [0.1, 0.15) is 5.82 Å². The maximum Gasteiger partial charge on any atom is 0.131 e. The largest absolute Gasteiger partial charge is 0.294 e. The Morgan fingerprint density at radius 3 is 2.79 bits per heavy atom. The molecule has 1 aromatic heterocycles. The van der Waals surface area contributed by atoms with Crippen LogP contribution in [-0.2, 0) is 19.5 Å². The molecule has 24 heavy (non-hydrogen) atoms. The van der Waals surface area contributed by atoms with Gasteiger partial charge in [0.2, 0.25) is 0 Å². The average Bonchev–Trinajstić information content (AvgIpc) is 2.64. The fourth-order valence-electron chi connectivity index (χ4n) is 3.95. The summed E-state index contributed by atoms with van der Waals surface area (Å²) in [4.78, 5) is 12.1. The van der Waals surface area contributed by atoms with Crippen molar-refractivity contribution in [3.63, 3.8) is 0 Å². The zero-order chi connectivity index (χ0) is 16.4. The van der Waals surface area contributed by atoms with Gasteiger partial charge in [-0.3, -0.25) is 4.90 Å². The van der Waals surface area contributed by atoms with Gasteiger partial charge >= 0.3 is 0 Å². The summed E-state index contributed by atoms with van der Waals surface area (Å²) in [7, 11) is 0. The first-order valence-corrected chi connectivity index (χ1v) is 9.48. The SMILES string of the molecule is Clc1ccccc1CN1CCc2nc(C3CCCCC3)ncc2C1. The Kier molecular flexibility index (Phi) is 4.81. The second-order valence-corrected chi connectivity index (χ2v) is 7.49. The summed E-state index contributed by atoms with van der Waals surface area (Å²) >= 11 is 6.30. The minimum atomic E-state index is 0.588. The van der Waals surface area contributed by atoms with Gasteiger partial charge in [0.15, 0.2) is 0 Å². The third kappa shape index (κ3) is 3.47. The van der Waals surface area contributed by atoms with Gasteiger partial charge in [0, 0.05) is 54.4 Å². The number of hydrogen-bond acceptors (Lipinski definition) is 3. The van der Waals surface area contributed by atoms with Crippen molar-refractivity contribution in [1.82, 2.24) is 14.9 Å². The van der Waals surface area contributed by atoms with Crippen LogP contribution >= 0.6 is 11.6 Å². The first-order valence-electron chi connectivity index (χ1n) is 9.10. The topological polar surface area (TPSA) is 29.0 Å². The minimum Gasteiger partial charge on any atom is -0.294 e. The molecule has 1 fully saturated rings. The molecular weight excluding hydrogens is 318 g/mol. The van der Waals surface area contributed by atoms with Crippen LogP contribution in [0.4, 0.5) is 0 Å². The molecule has 126 valence electrons. The summed E-state index contributed by atoms with van der Waals surface area (Å²) in [5.74, 6) is 1.68. The van der Waals surface area contributed by atoms with Crippen LogP contribution in [0, 0.1) is 0 Å². The van der Waals surface area contributed by atoms with Crippen LogP contribution in [0.1, 0.15) is 60.7 Å². The van der Waals surface area contributed by atoms with Gasteiger partial charge in [-0.2, -0.15) is 0 Å². The summed E-state index contributed by atoms with van der Waals surface area (Å²) in [5.41, 5.74) is 3.75. The first kappa shape index (κ1) is 16.0. The van der Waals surface area contributed by atoms with Crippen molar-refractivity contribution < 1.29 is 0 Å². The van der Waals surface area contributed by atoms with Gasteiger partial charge in [0.25, 0.3) is 0 Å². The van der Waals surface area contributed by atoms with Gasteiger partial charge in [0.05, 0.1) is 0 Å². The Morgan fingerprint density at radius 1 is 1.12 bits per heavy atom. The van der Waals surface area contributed by atoms with Crippen molar-refractivity contribution in [2.24, 2.45) is 0 Å². The molecular formula is C20H24ClN3. The molecule has 0 radical (unpaired) electrons. The highest BCUT2D eigenvalue weighted by atomic mass is 35.5. The van der Waals surface area contributed by atoms with Crippen LogP contribution in [0.25, 0.3) is 0 Å². The summed E-state index contributed by atoms with van der Waals surface area (Å²) in [5, 5.41) is 0.854. The van der Waals surface area contributed by atoms with E-state index in [2.05, 4.69) is 23.2 Å². The van der Waals surface area contributed by atoms with Crippen LogP contribution in [-0.4, -0.2) is 21.4 Å². The second-order valence-electron chi connectivity index (χ2n) is 7.09. The van der Waals surface area contributed by atoms with Crippen molar-refractivity contribution in [3.8, 4) is 0 Å². The van der Waals surface area contributed by atoms with E-state index in [-0.39, 0.29) is 0 Å². The first-order chi connectivity index (χ1) is 11.8. The number of fused-ring (bicyclic) bond motifs is 1. The molecule has 1 aliphatic carbocycles. The Bertz CT molecular complexity index is 710. The molecule has 1 aliphatic heterocycles. The number of benzene rings is 1. The Hall–Kier alpha value is -1.45. The van der Waals surface area contributed by atoms with Crippen LogP contribution in [0.5, 0.6) is 0 Å². The molecule has 0 N–H and O–H groups in total. The normalized spacial score (nSPS) is 19.2. The van der Waals surface area contributed by atoms with E-state index in [4.69, 9.17) is 21.6 Å². The van der Waals surface area contributed by atoms with Crippen molar-refractivity contribution in [1.29, 1.82) is 0 Å². The quantitative estimate of drug-likeness (QED) is 0.807. The maximum atomic E-state index is 6.30. The number of halogens is 1. The minimum absolute atomic E-state index is 0.588. The van der Waals surface area contributed by atoms with E-state index < -0.39 is 0 Å². The Balaban J connectivity index is 1.46. The summed E-state index contributed by atoms with van der Waals surface area (Å²) in [6.45, 7) is 2.86. The lowest BCUT2D eigenvalue weighted by Crippen LogP contribution is -2.31. The third-order valence-electron chi connectivity index (χ3n) is 5.35. The highest BCUT2D eigenvalue weighted by Gasteiger charge is 2.22. The molecule has 0 bridgehead atoms. The molecule has 3 nitrogen and oxygen atoms in total. The van der Waals surface area contributed by atoms with Gasteiger partial charge in [-0.1, -0.05) is 49.1 Å². The van der Waals surface area contributed by atoms with E-state index in [0.717, 1.165) is 36.9 Å². The zero-order valence-electron chi connectivity index (χ0n) is 14.0. The summed E-state index contributed by atoms with van der Waals surface area (Å²) in [6.07, 6.45) is 9.65. The molecule has 1 saturated carbocycles. The van der Waals surface area contributed by atoms with E-state index in [1.165, 1.54) is 48.9 Å². The van der Waals surface area contributed by atoms with Crippen molar-refractivity contribution in [2.75, 3.05) is 6.54 Å². The fourth-order valence-corrected chi connectivity index (χ4v) is 4.15. The molecule has 0 saturated heterocycles. The van der Waals surface area contributed by atoms with Crippen LogP contribution in [0.3, 0.4) is 0 Å². The lowest BCUT2D eigenvalue weighted by Gasteiger charge is -2.29. The lowest BCUT2D eigenvalue weighted by molar-refractivity contribution is 0.242. The smallest absolute Gasteiger partial charge is 0.131 e. The summed E-state index contributed by atoms with van der Waals surface area (Å²) < 4.78 is 0. The average molecular weight is 342 g/mol. The van der Waals surface area contributed by atoms with Gasteiger partial charge < -0.3 is 0 Å². The van der Waals surface area contributed by atoms with Crippen molar-refractivity contribution in [2.45, 2.75) is 57.5 Å². The maximum absolute atomic E-state index is 6.30. The second kappa shape index (κ2) is 7.20. The monoisotopic (exact) mass is 341 g/mol. The molecule has 4 rings (SSSR count). The molecule has 0 unspecified atom stereocenters. The zero-order valence-corrected chi connectivity index (χ0v) is 14.8. The number of nitrogens with zero attached hydrogens (tertiary/aromatic N) is 3. The van der Waals surface area contributed by atoms with E-state index >= 15 is 0 Å². The molecule has 2 aliphatic rings. The van der Waals surface area contributed by atoms with Crippen LogP contribution in [0.2, 0.25) is 5.02 Å². The van der Waals surface area contributed by atoms with E-state index in [1.54, 1.807) is 0 Å². The van der Waals surface area contributed by atoms with E-state index in [1.807, 2.05) is 12.1 Å². The molecule has 0 amide bonds. The molecule has 0 atom stereocenters. The lowest BCUT2D eigenvalue weighted by atomic mass is 9.88. The molecule has 2 aromatic rings. The van der Waals surface area contributed by atoms with Crippen molar-refractivity contribution in [3.05, 3.63) is 58.1 Å². The fraction of sp³-hybridized carbons (Fsp3) is 0.500. The number of hydrogen-bond donors (Lipinski definition) is 0. The highest BCUT2D eigenvalue weighted by Crippen LogP contribution is 2.31. The molecule has 2 heterocycles. The van der Waals surface area contributed by atoms with Crippen molar-refractivity contribution >= 4 is 11.6 Å². The molecule has 4 heteroatoms. The molecule has 0 spiro atoms. The van der Waals surface area contributed by atoms with Crippen LogP contribution in [0.15, 0.2) is 30.5 Å².